The van der Waals surface area contributed by atoms with E-state index in [9.17, 15) is 18.0 Å². The summed E-state index contributed by atoms with van der Waals surface area (Å²) in [4.78, 5) is 12.5. The Hall–Kier alpha value is -2.50. The second-order valence-corrected chi connectivity index (χ2v) is 5.83. The number of halogens is 3. The van der Waals surface area contributed by atoms with Crippen molar-refractivity contribution < 1.29 is 22.7 Å². The maximum atomic E-state index is 12.5. The van der Waals surface area contributed by atoms with Gasteiger partial charge in [-0.05, 0) is 42.7 Å². The molecular weight excluding hydrogens is 319 g/mol. The Balaban J connectivity index is 1.63. The molecule has 1 saturated carbocycles. The molecule has 0 saturated heterocycles. The number of benzene rings is 2. The van der Waals surface area contributed by atoms with Crippen LogP contribution in [0.3, 0.4) is 0 Å². The summed E-state index contributed by atoms with van der Waals surface area (Å²) in [6.45, 7) is -1.34. The van der Waals surface area contributed by atoms with Crippen molar-refractivity contribution in [3.63, 3.8) is 0 Å². The molecule has 1 fully saturated rings. The molecule has 0 aliphatic heterocycles. The van der Waals surface area contributed by atoms with Gasteiger partial charge < -0.3 is 10.1 Å². The van der Waals surface area contributed by atoms with E-state index in [0.29, 0.717) is 5.69 Å². The normalized spacial score (nSPS) is 15.6. The molecule has 0 atom stereocenters. The van der Waals surface area contributed by atoms with Gasteiger partial charge in [0.2, 0.25) is 5.91 Å². The number of alkyl halides is 3. The summed E-state index contributed by atoms with van der Waals surface area (Å²) in [5, 5.41) is 2.83. The van der Waals surface area contributed by atoms with Crippen LogP contribution in [0.25, 0.3) is 0 Å². The van der Waals surface area contributed by atoms with E-state index in [1.807, 2.05) is 30.3 Å². The maximum absolute atomic E-state index is 12.5. The fraction of sp³-hybridized carbons (Fsp3) is 0.278. The number of carbonyl (C=O) groups is 1. The highest BCUT2D eigenvalue weighted by molar-refractivity contribution is 6.01. The first kappa shape index (κ1) is 16.4. The molecule has 1 amide bonds. The van der Waals surface area contributed by atoms with E-state index in [0.717, 1.165) is 18.4 Å². The first-order valence-electron chi connectivity index (χ1n) is 7.56. The largest absolute Gasteiger partial charge is 0.484 e. The van der Waals surface area contributed by atoms with Gasteiger partial charge in [0.1, 0.15) is 5.75 Å². The lowest BCUT2D eigenvalue weighted by molar-refractivity contribution is -0.153. The first-order chi connectivity index (χ1) is 11.4. The molecular formula is C18H16F3NO2. The smallest absolute Gasteiger partial charge is 0.422 e. The number of ether oxygens (including phenoxy) is 1. The van der Waals surface area contributed by atoms with Crippen LogP contribution < -0.4 is 10.1 Å². The van der Waals surface area contributed by atoms with Crippen molar-refractivity contribution in [1.29, 1.82) is 0 Å². The molecule has 3 rings (SSSR count). The lowest BCUT2D eigenvalue weighted by atomic mass is 9.95. The summed E-state index contributed by atoms with van der Waals surface area (Å²) >= 11 is 0. The quantitative estimate of drug-likeness (QED) is 0.885. The second kappa shape index (κ2) is 6.19. The van der Waals surface area contributed by atoms with Crippen LogP contribution in [0.15, 0.2) is 54.6 Å². The van der Waals surface area contributed by atoms with Crippen molar-refractivity contribution in [2.24, 2.45) is 0 Å². The standard InChI is InChI=1S/C18H16F3NO2/c19-18(20,21)12-24-15-8-6-14(7-9-15)22-16(23)17(10-11-17)13-4-2-1-3-5-13/h1-9H,10-12H2,(H,22,23). The molecule has 3 nitrogen and oxygen atoms in total. The molecule has 2 aromatic rings. The molecule has 1 N–H and O–H groups in total. The minimum Gasteiger partial charge on any atom is -0.484 e. The third kappa shape index (κ3) is 3.69. The topological polar surface area (TPSA) is 38.3 Å². The minimum atomic E-state index is -4.37. The van der Waals surface area contributed by atoms with Gasteiger partial charge in [0.05, 0.1) is 5.41 Å². The predicted octanol–water partition coefficient (Wildman–Crippen LogP) is 4.30. The van der Waals surface area contributed by atoms with Crippen LogP contribution in [0.5, 0.6) is 5.75 Å². The van der Waals surface area contributed by atoms with Crippen molar-refractivity contribution in [3.05, 3.63) is 60.2 Å². The molecule has 0 aromatic heterocycles. The molecule has 6 heteroatoms. The molecule has 0 heterocycles. The maximum Gasteiger partial charge on any atom is 0.422 e. The number of nitrogens with one attached hydrogen (secondary N) is 1. The highest BCUT2D eigenvalue weighted by atomic mass is 19.4. The van der Waals surface area contributed by atoms with Crippen LogP contribution in [-0.4, -0.2) is 18.7 Å². The van der Waals surface area contributed by atoms with Crippen LogP contribution in [-0.2, 0) is 10.2 Å². The molecule has 1 aliphatic rings. The number of anilines is 1. The van der Waals surface area contributed by atoms with Crippen molar-refractivity contribution in [2.75, 3.05) is 11.9 Å². The Morgan fingerprint density at radius 1 is 1.04 bits per heavy atom. The zero-order valence-electron chi connectivity index (χ0n) is 12.8. The van der Waals surface area contributed by atoms with Crippen molar-refractivity contribution in [1.82, 2.24) is 0 Å². The van der Waals surface area contributed by atoms with Crippen LogP contribution in [0.1, 0.15) is 18.4 Å². The summed E-state index contributed by atoms with van der Waals surface area (Å²) in [5.41, 5.74) is 1.02. The van der Waals surface area contributed by atoms with Gasteiger partial charge in [-0.3, -0.25) is 4.79 Å². The van der Waals surface area contributed by atoms with Crippen molar-refractivity contribution in [2.45, 2.75) is 24.4 Å². The Morgan fingerprint density at radius 3 is 2.21 bits per heavy atom. The van der Waals surface area contributed by atoms with Gasteiger partial charge in [-0.15, -0.1) is 0 Å². The van der Waals surface area contributed by atoms with Gasteiger partial charge >= 0.3 is 6.18 Å². The molecule has 2 aromatic carbocycles. The summed E-state index contributed by atoms with van der Waals surface area (Å²) in [6, 6.07) is 15.4. The van der Waals surface area contributed by atoms with E-state index in [-0.39, 0.29) is 11.7 Å². The van der Waals surface area contributed by atoms with Gasteiger partial charge in [-0.2, -0.15) is 13.2 Å². The third-order valence-corrected chi connectivity index (χ3v) is 4.03. The summed E-state index contributed by atoms with van der Waals surface area (Å²) in [7, 11) is 0. The minimum absolute atomic E-state index is 0.0994. The average Bonchev–Trinajstić information content (AvgIpc) is 3.36. The molecule has 1 aliphatic carbocycles. The predicted molar refractivity (Wildman–Crippen MR) is 84.0 cm³/mol. The summed E-state index contributed by atoms with van der Waals surface area (Å²) < 4.78 is 41.0. The Morgan fingerprint density at radius 2 is 1.67 bits per heavy atom. The van der Waals surface area contributed by atoms with Gasteiger partial charge in [-0.25, -0.2) is 0 Å². The number of hydrogen-bond acceptors (Lipinski definition) is 2. The molecule has 0 unspecified atom stereocenters. The van der Waals surface area contributed by atoms with E-state index >= 15 is 0 Å². The Bertz CT molecular complexity index is 707. The van der Waals surface area contributed by atoms with Crippen LogP contribution in [0.2, 0.25) is 0 Å². The van der Waals surface area contributed by atoms with Crippen molar-refractivity contribution in [3.8, 4) is 5.75 Å². The fourth-order valence-corrected chi connectivity index (χ4v) is 2.58. The van der Waals surface area contributed by atoms with Gasteiger partial charge in [0.15, 0.2) is 6.61 Å². The van der Waals surface area contributed by atoms with E-state index < -0.39 is 18.2 Å². The second-order valence-electron chi connectivity index (χ2n) is 5.83. The lowest BCUT2D eigenvalue weighted by Gasteiger charge is -2.16. The first-order valence-corrected chi connectivity index (χ1v) is 7.56. The third-order valence-electron chi connectivity index (χ3n) is 4.03. The zero-order chi connectivity index (χ0) is 17.2. The summed E-state index contributed by atoms with van der Waals surface area (Å²) in [5.74, 6) is 0.00665. The number of rotatable bonds is 5. The molecule has 126 valence electrons. The highest BCUT2D eigenvalue weighted by Gasteiger charge is 2.51. The Kier molecular flexibility index (Phi) is 4.22. The van der Waals surface area contributed by atoms with Gasteiger partial charge in [0, 0.05) is 5.69 Å². The van der Waals surface area contributed by atoms with Crippen molar-refractivity contribution >= 4 is 11.6 Å². The highest BCUT2D eigenvalue weighted by Crippen LogP contribution is 2.48. The molecule has 0 spiro atoms. The van der Waals surface area contributed by atoms with Gasteiger partial charge in [0.25, 0.3) is 0 Å². The number of carbonyl (C=O) groups excluding carboxylic acids is 1. The van der Waals surface area contributed by atoms with E-state index in [2.05, 4.69) is 10.1 Å². The van der Waals surface area contributed by atoms with Crippen LogP contribution >= 0.6 is 0 Å². The van der Waals surface area contributed by atoms with Crippen LogP contribution in [0.4, 0.5) is 18.9 Å². The summed E-state index contributed by atoms with van der Waals surface area (Å²) in [6.07, 6.45) is -2.80. The number of amides is 1. The van der Waals surface area contributed by atoms with Gasteiger partial charge in [-0.1, -0.05) is 30.3 Å². The lowest BCUT2D eigenvalue weighted by Crippen LogP contribution is -2.27. The van der Waals surface area contributed by atoms with E-state index in [1.54, 1.807) is 0 Å². The fourth-order valence-electron chi connectivity index (χ4n) is 2.58. The molecule has 0 bridgehead atoms. The number of hydrogen-bond donors (Lipinski definition) is 1. The monoisotopic (exact) mass is 335 g/mol. The molecule has 24 heavy (non-hydrogen) atoms. The average molecular weight is 335 g/mol. The van der Waals surface area contributed by atoms with E-state index in [1.165, 1.54) is 24.3 Å². The SMILES string of the molecule is O=C(Nc1ccc(OCC(F)(F)F)cc1)C1(c2ccccc2)CC1. The molecule has 0 radical (unpaired) electrons. The van der Waals surface area contributed by atoms with E-state index in [4.69, 9.17) is 0 Å². The zero-order valence-corrected chi connectivity index (χ0v) is 12.8. The Labute approximate surface area is 137 Å². The van der Waals surface area contributed by atoms with Crippen LogP contribution in [0, 0.1) is 0 Å².